The largest absolute Gasteiger partial charge is 0.481 e. The van der Waals surface area contributed by atoms with Crippen LogP contribution >= 0.6 is 11.8 Å². The van der Waals surface area contributed by atoms with E-state index in [0.717, 1.165) is 35.0 Å². The van der Waals surface area contributed by atoms with Gasteiger partial charge in [-0.1, -0.05) is 18.7 Å². The van der Waals surface area contributed by atoms with E-state index in [9.17, 15) is 4.79 Å². The van der Waals surface area contributed by atoms with Crippen LogP contribution in [0.25, 0.3) is 11.2 Å². The number of carbonyl (C=O) groups is 1. The van der Waals surface area contributed by atoms with Crippen molar-refractivity contribution in [3.8, 4) is 0 Å². The van der Waals surface area contributed by atoms with E-state index in [0.29, 0.717) is 5.92 Å². The smallest absolute Gasteiger partial charge is 0.313 e. The summed E-state index contributed by atoms with van der Waals surface area (Å²) >= 11 is 1.29. The molecule has 0 aliphatic heterocycles. The maximum Gasteiger partial charge on any atom is 0.313 e. The van der Waals surface area contributed by atoms with Crippen LogP contribution in [-0.2, 0) is 24.8 Å². The summed E-state index contributed by atoms with van der Waals surface area (Å²) < 4.78 is 4.02. The lowest BCUT2D eigenvalue weighted by molar-refractivity contribution is -0.133. The van der Waals surface area contributed by atoms with Crippen molar-refractivity contribution in [3.05, 3.63) is 5.69 Å². The van der Waals surface area contributed by atoms with Crippen LogP contribution < -0.4 is 0 Å². The van der Waals surface area contributed by atoms with Crippen molar-refractivity contribution in [3.63, 3.8) is 0 Å². The van der Waals surface area contributed by atoms with Crippen molar-refractivity contribution < 1.29 is 9.90 Å². The minimum atomic E-state index is -0.811. The molecule has 0 saturated heterocycles. The summed E-state index contributed by atoms with van der Waals surface area (Å²) in [6, 6.07) is 0. The molecule has 1 N–H and O–H groups in total. The standard InChI is InChI=1S/C13H18N4O2S/c1-3-9-11-12(16(2)15-9)17(6-8-4-5-8)13(14-11)20-7-10(18)19/h8H,3-7H2,1-2H3,(H,18,19). The first kappa shape index (κ1) is 13.5. The Balaban J connectivity index is 2.04. The summed E-state index contributed by atoms with van der Waals surface area (Å²) in [5.41, 5.74) is 2.92. The lowest BCUT2D eigenvalue weighted by Crippen LogP contribution is -2.07. The average Bonchev–Trinajstić information content (AvgIpc) is 3.06. The molecule has 0 atom stereocenters. The predicted octanol–water partition coefficient (Wildman–Crippen LogP) is 1.92. The van der Waals surface area contributed by atoms with Gasteiger partial charge in [0.15, 0.2) is 10.8 Å². The molecule has 7 heteroatoms. The van der Waals surface area contributed by atoms with Gasteiger partial charge in [-0.15, -0.1) is 0 Å². The number of rotatable bonds is 6. The number of nitrogens with zero attached hydrogens (tertiary/aromatic N) is 4. The summed E-state index contributed by atoms with van der Waals surface area (Å²) in [5, 5.41) is 14.2. The minimum Gasteiger partial charge on any atom is -0.481 e. The molecule has 0 unspecified atom stereocenters. The van der Waals surface area contributed by atoms with E-state index in [1.54, 1.807) is 0 Å². The fraction of sp³-hybridized carbons (Fsp3) is 0.615. The monoisotopic (exact) mass is 294 g/mol. The van der Waals surface area contributed by atoms with E-state index in [4.69, 9.17) is 5.11 Å². The minimum absolute atomic E-state index is 0.0445. The van der Waals surface area contributed by atoms with Gasteiger partial charge in [-0.25, -0.2) is 4.98 Å². The Kier molecular flexibility index (Phi) is 3.45. The second-order valence-corrected chi connectivity index (χ2v) is 6.17. The highest BCUT2D eigenvalue weighted by Gasteiger charge is 2.26. The molecule has 0 spiro atoms. The van der Waals surface area contributed by atoms with E-state index in [2.05, 4.69) is 21.6 Å². The van der Waals surface area contributed by atoms with E-state index in [1.807, 2.05) is 11.7 Å². The van der Waals surface area contributed by atoms with E-state index in [1.165, 1.54) is 24.6 Å². The highest BCUT2D eigenvalue weighted by molar-refractivity contribution is 7.99. The highest BCUT2D eigenvalue weighted by atomic mass is 32.2. The number of fused-ring (bicyclic) bond motifs is 1. The molecule has 2 heterocycles. The van der Waals surface area contributed by atoms with Crippen molar-refractivity contribution in [1.82, 2.24) is 19.3 Å². The maximum absolute atomic E-state index is 10.8. The zero-order valence-corrected chi connectivity index (χ0v) is 12.5. The Labute approximate surface area is 121 Å². The van der Waals surface area contributed by atoms with Crippen LogP contribution in [0.5, 0.6) is 0 Å². The molecule has 1 aliphatic carbocycles. The van der Waals surface area contributed by atoms with Gasteiger partial charge >= 0.3 is 5.97 Å². The Morgan fingerprint density at radius 1 is 1.50 bits per heavy atom. The zero-order chi connectivity index (χ0) is 14.3. The van der Waals surface area contributed by atoms with Crippen molar-refractivity contribution in [1.29, 1.82) is 0 Å². The maximum atomic E-state index is 10.8. The van der Waals surface area contributed by atoms with Crippen LogP contribution in [0.2, 0.25) is 0 Å². The molecule has 20 heavy (non-hydrogen) atoms. The summed E-state index contributed by atoms with van der Waals surface area (Å²) in [6.45, 7) is 2.98. The molecule has 1 saturated carbocycles. The first-order chi connectivity index (χ1) is 9.60. The predicted molar refractivity (Wildman–Crippen MR) is 77.0 cm³/mol. The number of aromatic nitrogens is 4. The molecule has 1 fully saturated rings. The van der Waals surface area contributed by atoms with Gasteiger partial charge in [0.2, 0.25) is 0 Å². The van der Waals surface area contributed by atoms with Crippen LogP contribution in [-0.4, -0.2) is 36.2 Å². The summed E-state index contributed by atoms with van der Waals surface area (Å²) in [7, 11) is 1.93. The Bertz CT molecular complexity index is 657. The number of carboxylic acid groups (broad SMARTS) is 1. The second kappa shape index (κ2) is 5.12. The Morgan fingerprint density at radius 2 is 2.25 bits per heavy atom. The third-order valence-electron chi connectivity index (χ3n) is 3.55. The number of hydrogen-bond acceptors (Lipinski definition) is 4. The molecule has 3 rings (SSSR count). The van der Waals surface area contributed by atoms with E-state index < -0.39 is 5.97 Å². The Morgan fingerprint density at radius 3 is 2.85 bits per heavy atom. The lowest BCUT2D eigenvalue weighted by atomic mass is 10.3. The number of aryl methyl sites for hydroxylation is 2. The summed E-state index contributed by atoms with van der Waals surface area (Å²) in [6.07, 6.45) is 3.34. The molecule has 0 radical (unpaired) electrons. The highest BCUT2D eigenvalue weighted by Crippen LogP contribution is 2.34. The van der Waals surface area contributed by atoms with Gasteiger partial charge in [0.1, 0.15) is 5.52 Å². The number of thioether (sulfide) groups is 1. The molecule has 1 aliphatic rings. The van der Waals surface area contributed by atoms with Crippen LogP contribution in [0.1, 0.15) is 25.5 Å². The summed E-state index contributed by atoms with van der Waals surface area (Å²) in [5.74, 6) is -0.0616. The third-order valence-corrected chi connectivity index (χ3v) is 4.51. The lowest BCUT2D eigenvalue weighted by Gasteiger charge is -2.07. The Hall–Kier alpha value is -1.50. The van der Waals surface area contributed by atoms with Gasteiger partial charge < -0.3 is 9.67 Å². The van der Waals surface area contributed by atoms with Gasteiger partial charge in [-0.3, -0.25) is 9.48 Å². The van der Waals surface area contributed by atoms with Crippen LogP contribution in [0.3, 0.4) is 0 Å². The first-order valence-corrected chi connectivity index (χ1v) is 7.85. The van der Waals surface area contributed by atoms with Gasteiger partial charge in [0, 0.05) is 13.6 Å². The van der Waals surface area contributed by atoms with Crippen LogP contribution in [0.4, 0.5) is 0 Å². The number of hydrogen-bond donors (Lipinski definition) is 1. The number of imidazole rings is 1. The SMILES string of the molecule is CCc1nn(C)c2c1nc(SCC(=O)O)n2CC1CC1. The molecule has 0 bridgehead atoms. The van der Waals surface area contributed by atoms with Gasteiger partial charge in [0.05, 0.1) is 11.4 Å². The number of aliphatic carboxylic acids is 1. The normalized spacial score (nSPS) is 15.1. The molecule has 108 valence electrons. The van der Waals surface area contributed by atoms with Gasteiger partial charge in [-0.05, 0) is 25.2 Å². The molecule has 0 aromatic carbocycles. The molecule has 2 aromatic heterocycles. The third kappa shape index (κ3) is 2.42. The van der Waals surface area contributed by atoms with Gasteiger partial charge in [0.25, 0.3) is 0 Å². The fourth-order valence-electron chi connectivity index (χ4n) is 2.42. The quantitative estimate of drug-likeness (QED) is 0.824. The first-order valence-electron chi connectivity index (χ1n) is 6.86. The fourth-order valence-corrected chi connectivity index (χ4v) is 3.14. The number of carboxylic acids is 1. The average molecular weight is 294 g/mol. The zero-order valence-electron chi connectivity index (χ0n) is 11.7. The topological polar surface area (TPSA) is 72.9 Å². The van der Waals surface area contributed by atoms with Crippen LogP contribution in [0.15, 0.2) is 5.16 Å². The molecule has 0 amide bonds. The molecular weight excluding hydrogens is 276 g/mol. The van der Waals surface area contributed by atoms with E-state index >= 15 is 0 Å². The van der Waals surface area contributed by atoms with E-state index in [-0.39, 0.29) is 5.75 Å². The van der Waals surface area contributed by atoms with Crippen molar-refractivity contribution in [2.75, 3.05) is 5.75 Å². The molecule has 2 aromatic rings. The van der Waals surface area contributed by atoms with Gasteiger partial charge in [-0.2, -0.15) is 5.10 Å². The van der Waals surface area contributed by atoms with Crippen molar-refractivity contribution in [2.45, 2.75) is 37.9 Å². The molecule has 6 nitrogen and oxygen atoms in total. The molecular formula is C13H18N4O2S. The summed E-state index contributed by atoms with van der Waals surface area (Å²) in [4.78, 5) is 15.4. The van der Waals surface area contributed by atoms with Crippen molar-refractivity contribution >= 4 is 28.9 Å². The second-order valence-electron chi connectivity index (χ2n) is 5.23. The van der Waals surface area contributed by atoms with Crippen LogP contribution in [0, 0.1) is 5.92 Å². The van der Waals surface area contributed by atoms with Crippen molar-refractivity contribution in [2.24, 2.45) is 13.0 Å².